The molecule has 0 aliphatic heterocycles. The van der Waals surface area contributed by atoms with Gasteiger partial charge in [-0.1, -0.05) is 50.7 Å². The molecule has 0 saturated heterocycles. The van der Waals surface area contributed by atoms with Crippen molar-refractivity contribution in [3.8, 4) is 0 Å². The molecule has 1 aliphatic carbocycles. The summed E-state index contributed by atoms with van der Waals surface area (Å²) in [6, 6.07) is 0. The molecule has 0 saturated carbocycles. The zero-order valence-electron chi connectivity index (χ0n) is 9.73. The van der Waals surface area contributed by atoms with Crippen LogP contribution in [0.1, 0.15) is 71.1 Å². The summed E-state index contributed by atoms with van der Waals surface area (Å²) in [4.78, 5) is 0. The molecule has 0 aromatic carbocycles. The zero-order chi connectivity index (χ0) is 10.1. The predicted octanol–water partition coefficient (Wildman–Crippen LogP) is 5.05. The molecule has 0 amide bonds. The maximum absolute atomic E-state index is 2.49. The third-order valence-electron chi connectivity index (χ3n) is 3.05. The Hall–Kier alpha value is -0.260. The normalized spacial score (nSPS) is 15.9. The van der Waals surface area contributed by atoms with Crippen LogP contribution in [-0.2, 0) is 0 Å². The van der Waals surface area contributed by atoms with E-state index in [4.69, 9.17) is 0 Å². The van der Waals surface area contributed by atoms with Crippen molar-refractivity contribution in [3.05, 3.63) is 18.1 Å². The largest absolute Gasteiger partial charge is 0.0853 e. The maximum atomic E-state index is 2.49. The minimum absolute atomic E-state index is 1.27. The standard InChI is InChI=1S/C14H25/c1-2-3-4-5-6-7-8-11-14-12-9-10-13-14/h8,12H,2-7,9-11,13H2,1H3. The van der Waals surface area contributed by atoms with Crippen molar-refractivity contribution < 1.29 is 0 Å². The Balaban J connectivity index is 1.80. The van der Waals surface area contributed by atoms with Crippen LogP contribution in [-0.4, -0.2) is 0 Å². The average molecular weight is 193 g/mol. The molecule has 0 unspecified atom stereocenters. The molecule has 0 fully saturated rings. The van der Waals surface area contributed by atoms with Crippen LogP contribution in [0, 0.1) is 6.42 Å². The van der Waals surface area contributed by atoms with E-state index in [0.717, 1.165) is 0 Å². The van der Waals surface area contributed by atoms with Crippen molar-refractivity contribution in [2.75, 3.05) is 0 Å². The number of hydrogen-bond donors (Lipinski definition) is 0. The van der Waals surface area contributed by atoms with E-state index >= 15 is 0 Å². The van der Waals surface area contributed by atoms with Crippen LogP contribution in [0.3, 0.4) is 0 Å². The molecule has 81 valence electrons. The van der Waals surface area contributed by atoms with Crippen LogP contribution < -0.4 is 0 Å². The molecular formula is C14H25. The second-order valence-electron chi connectivity index (χ2n) is 4.45. The fraction of sp³-hybridized carbons (Fsp3) is 0.786. The van der Waals surface area contributed by atoms with Crippen LogP contribution in [0.15, 0.2) is 11.6 Å². The van der Waals surface area contributed by atoms with Gasteiger partial charge in [-0.05, 0) is 38.5 Å². The van der Waals surface area contributed by atoms with Crippen LogP contribution in [0.2, 0.25) is 0 Å². The summed E-state index contributed by atoms with van der Waals surface area (Å²) in [6.07, 6.45) is 18.7. The van der Waals surface area contributed by atoms with E-state index in [0.29, 0.717) is 0 Å². The summed E-state index contributed by atoms with van der Waals surface area (Å²) in [5, 5.41) is 0. The van der Waals surface area contributed by atoms with Gasteiger partial charge in [0.05, 0.1) is 0 Å². The van der Waals surface area contributed by atoms with E-state index in [9.17, 15) is 0 Å². The van der Waals surface area contributed by atoms with Crippen LogP contribution >= 0.6 is 0 Å². The first-order chi connectivity index (χ1) is 6.93. The summed E-state index contributed by atoms with van der Waals surface area (Å²) in [6.45, 7) is 2.28. The van der Waals surface area contributed by atoms with Gasteiger partial charge in [0.15, 0.2) is 0 Å². The van der Waals surface area contributed by atoms with Gasteiger partial charge in [-0.2, -0.15) is 0 Å². The zero-order valence-corrected chi connectivity index (χ0v) is 9.73. The minimum Gasteiger partial charge on any atom is -0.0853 e. The summed E-state index contributed by atoms with van der Waals surface area (Å²) in [5.41, 5.74) is 1.69. The second kappa shape index (κ2) is 8.08. The van der Waals surface area contributed by atoms with E-state index in [1.165, 1.54) is 64.2 Å². The second-order valence-corrected chi connectivity index (χ2v) is 4.45. The lowest BCUT2D eigenvalue weighted by atomic mass is 10.0. The highest BCUT2D eigenvalue weighted by molar-refractivity contribution is 5.09. The summed E-state index contributed by atoms with van der Waals surface area (Å²) >= 11 is 0. The molecular weight excluding hydrogens is 168 g/mol. The SMILES string of the molecule is CCCCCCC[CH]CC1=CCCC1. The molecule has 0 bridgehead atoms. The van der Waals surface area contributed by atoms with Gasteiger partial charge in [-0.25, -0.2) is 0 Å². The molecule has 0 aromatic heterocycles. The Morgan fingerprint density at radius 3 is 2.79 bits per heavy atom. The van der Waals surface area contributed by atoms with E-state index in [1.807, 2.05) is 0 Å². The van der Waals surface area contributed by atoms with Gasteiger partial charge in [0.25, 0.3) is 0 Å². The fourth-order valence-corrected chi connectivity index (χ4v) is 2.10. The van der Waals surface area contributed by atoms with Crippen molar-refractivity contribution in [3.63, 3.8) is 0 Å². The quantitative estimate of drug-likeness (QED) is 0.374. The Kier molecular flexibility index (Phi) is 6.82. The first kappa shape index (κ1) is 11.8. The van der Waals surface area contributed by atoms with E-state index in [-0.39, 0.29) is 0 Å². The number of allylic oxidation sites excluding steroid dienone is 2. The maximum Gasteiger partial charge on any atom is -0.0289 e. The molecule has 1 radical (unpaired) electrons. The van der Waals surface area contributed by atoms with Crippen LogP contribution in [0.5, 0.6) is 0 Å². The summed E-state index contributed by atoms with van der Waals surface area (Å²) in [7, 11) is 0. The molecule has 0 heterocycles. The topological polar surface area (TPSA) is 0 Å². The molecule has 1 aliphatic rings. The Bertz CT molecular complexity index is 155. The minimum atomic E-state index is 1.27. The van der Waals surface area contributed by atoms with Crippen molar-refractivity contribution in [1.29, 1.82) is 0 Å². The van der Waals surface area contributed by atoms with E-state index < -0.39 is 0 Å². The Morgan fingerprint density at radius 2 is 2.07 bits per heavy atom. The van der Waals surface area contributed by atoms with Crippen molar-refractivity contribution in [2.24, 2.45) is 0 Å². The van der Waals surface area contributed by atoms with Crippen LogP contribution in [0.25, 0.3) is 0 Å². The first-order valence-corrected chi connectivity index (χ1v) is 6.43. The molecule has 14 heavy (non-hydrogen) atoms. The number of hydrogen-bond acceptors (Lipinski definition) is 0. The van der Waals surface area contributed by atoms with Gasteiger partial charge >= 0.3 is 0 Å². The molecule has 0 N–H and O–H groups in total. The van der Waals surface area contributed by atoms with Crippen molar-refractivity contribution in [1.82, 2.24) is 0 Å². The summed E-state index contributed by atoms with van der Waals surface area (Å²) in [5.74, 6) is 0. The van der Waals surface area contributed by atoms with Gasteiger partial charge in [0.2, 0.25) is 0 Å². The summed E-state index contributed by atoms with van der Waals surface area (Å²) < 4.78 is 0. The number of rotatable bonds is 8. The molecule has 0 nitrogen and oxygen atoms in total. The van der Waals surface area contributed by atoms with Crippen molar-refractivity contribution >= 4 is 0 Å². The predicted molar refractivity (Wildman–Crippen MR) is 64.2 cm³/mol. The van der Waals surface area contributed by atoms with Gasteiger partial charge in [-0.3, -0.25) is 0 Å². The molecule has 0 aromatic rings. The smallest absolute Gasteiger partial charge is 0.0289 e. The van der Waals surface area contributed by atoms with Gasteiger partial charge in [-0.15, -0.1) is 0 Å². The lowest BCUT2D eigenvalue weighted by molar-refractivity contribution is 0.625. The number of unbranched alkanes of at least 4 members (excludes halogenated alkanes) is 6. The van der Waals surface area contributed by atoms with E-state index in [2.05, 4.69) is 19.4 Å². The van der Waals surface area contributed by atoms with E-state index in [1.54, 1.807) is 5.57 Å². The highest BCUT2D eigenvalue weighted by atomic mass is 14.1. The lowest BCUT2D eigenvalue weighted by Crippen LogP contribution is -1.83. The van der Waals surface area contributed by atoms with Crippen LogP contribution in [0.4, 0.5) is 0 Å². The van der Waals surface area contributed by atoms with Crippen molar-refractivity contribution in [2.45, 2.75) is 71.1 Å². The Morgan fingerprint density at radius 1 is 1.21 bits per heavy atom. The molecule has 1 rings (SSSR count). The highest BCUT2D eigenvalue weighted by Gasteiger charge is 2.03. The van der Waals surface area contributed by atoms with Gasteiger partial charge in [0.1, 0.15) is 0 Å². The fourth-order valence-electron chi connectivity index (χ4n) is 2.10. The lowest BCUT2D eigenvalue weighted by Gasteiger charge is -2.02. The van der Waals surface area contributed by atoms with Gasteiger partial charge < -0.3 is 0 Å². The average Bonchev–Trinajstić information content (AvgIpc) is 2.69. The monoisotopic (exact) mass is 193 g/mol. The highest BCUT2D eigenvalue weighted by Crippen LogP contribution is 2.22. The van der Waals surface area contributed by atoms with Gasteiger partial charge in [0, 0.05) is 0 Å². The molecule has 0 heteroatoms. The molecule has 0 atom stereocenters. The third kappa shape index (κ3) is 5.47. The Labute approximate surface area is 89.8 Å². The molecule has 0 spiro atoms. The third-order valence-corrected chi connectivity index (χ3v) is 3.05. The first-order valence-electron chi connectivity index (χ1n) is 6.43.